The number of rotatable bonds is 9. The van der Waals surface area contributed by atoms with Crippen LogP contribution < -0.4 is 26.0 Å². The van der Waals surface area contributed by atoms with Crippen LogP contribution >= 0.6 is 0 Å². The van der Waals surface area contributed by atoms with Crippen molar-refractivity contribution in [3.63, 3.8) is 0 Å². The van der Waals surface area contributed by atoms with Crippen molar-refractivity contribution in [3.05, 3.63) is 94.8 Å². The van der Waals surface area contributed by atoms with Gasteiger partial charge < -0.3 is 30.8 Å². The summed E-state index contributed by atoms with van der Waals surface area (Å²) in [6.07, 6.45) is -1.36. The topological polar surface area (TPSA) is 143 Å². The molecule has 0 unspecified atom stereocenters. The second-order valence-electron chi connectivity index (χ2n) is 12.4. The van der Waals surface area contributed by atoms with Crippen molar-refractivity contribution in [2.45, 2.75) is 34.2 Å². The highest BCUT2D eigenvalue weighted by atomic mass is 19.1. The van der Waals surface area contributed by atoms with Crippen molar-refractivity contribution >= 4 is 41.2 Å². The predicted molar refractivity (Wildman–Crippen MR) is 172 cm³/mol. The van der Waals surface area contributed by atoms with Crippen LogP contribution in [0.4, 0.5) is 45.9 Å². The lowest BCUT2D eigenvalue weighted by atomic mass is 9.96. The van der Waals surface area contributed by atoms with E-state index >= 15 is 8.78 Å². The van der Waals surface area contributed by atoms with E-state index in [0.717, 1.165) is 21.9 Å². The highest BCUT2D eigenvalue weighted by Crippen LogP contribution is 2.39. The highest BCUT2D eigenvalue weighted by molar-refractivity contribution is 6.05. The Labute approximate surface area is 274 Å². The summed E-state index contributed by atoms with van der Waals surface area (Å²) in [5.41, 5.74) is 1.30. The van der Waals surface area contributed by atoms with Crippen LogP contribution in [0, 0.1) is 29.8 Å². The maximum Gasteiger partial charge on any atom is 0.328 e. The fourth-order valence-corrected chi connectivity index (χ4v) is 5.24. The summed E-state index contributed by atoms with van der Waals surface area (Å²) in [5, 5.41) is 20.1. The minimum atomic E-state index is -1.36. The largest absolute Gasteiger partial charge is 0.530 e. The fraction of sp³-hybridized carbons (Fsp3) is 0.265. The first-order valence-corrected chi connectivity index (χ1v) is 15.0. The van der Waals surface area contributed by atoms with Crippen LogP contribution in [0.25, 0.3) is 11.3 Å². The Morgan fingerprint density at radius 1 is 1.02 bits per heavy atom. The van der Waals surface area contributed by atoms with Gasteiger partial charge >= 0.3 is 6.03 Å². The second-order valence-corrected chi connectivity index (χ2v) is 12.4. The number of hydrogen-bond donors (Lipinski definition) is 3. The van der Waals surface area contributed by atoms with Gasteiger partial charge in [-0.2, -0.15) is 4.98 Å². The predicted octanol–water partition coefficient (Wildman–Crippen LogP) is 5.59. The quantitative estimate of drug-likeness (QED) is 0.213. The molecule has 5 rings (SSSR count). The van der Waals surface area contributed by atoms with E-state index in [9.17, 15) is 23.9 Å². The average molecular weight is 661 g/mol. The first-order valence-electron chi connectivity index (χ1n) is 15.0. The van der Waals surface area contributed by atoms with Gasteiger partial charge in [-0.1, -0.05) is 32.9 Å². The molecule has 0 spiro atoms. The highest BCUT2D eigenvalue weighted by Gasteiger charge is 2.34. The number of fused-ring (bicyclic) bond motifs is 1. The number of aromatic nitrogens is 2. The zero-order chi connectivity index (χ0) is 34.7. The Hall–Kier alpha value is -5.66. The number of urea groups is 1. The molecule has 4 aromatic rings. The number of amides is 4. The molecular weight excluding hydrogens is 627 g/mol. The zero-order valence-electron chi connectivity index (χ0n) is 26.7. The van der Waals surface area contributed by atoms with Gasteiger partial charge in [-0.15, -0.1) is 0 Å². The summed E-state index contributed by atoms with van der Waals surface area (Å²) in [4.78, 5) is 49.3. The van der Waals surface area contributed by atoms with Gasteiger partial charge in [0.15, 0.2) is 5.82 Å². The number of aryl methyl sites for hydroxylation is 1. The number of benzene rings is 3. The van der Waals surface area contributed by atoms with Gasteiger partial charge in [0.1, 0.15) is 29.2 Å². The molecule has 1 aromatic heterocycles. The van der Waals surface area contributed by atoms with Crippen LogP contribution in [0.15, 0.2) is 60.7 Å². The molecule has 0 saturated carbocycles. The molecule has 0 saturated heterocycles. The minimum Gasteiger partial charge on any atom is -0.530 e. The summed E-state index contributed by atoms with van der Waals surface area (Å²) < 4.78 is 43.6. The van der Waals surface area contributed by atoms with Crippen LogP contribution in [0.3, 0.4) is 0 Å². The molecule has 11 nitrogen and oxygen atoms in total. The number of hydrogen-bond acceptors (Lipinski definition) is 7. The number of anilines is 4. The zero-order valence-corrected chi connectivity index (χ0v) is 26.7. The van der Waals surface area contributed by atoms with E-state index in [-0.39, 0.29) is 54.6 Å². The van der Waals surface area contributed by atoms with Gasteiger partial charge in [0, 0.05) is 42.0 Å². The normalized spacial score (nSPS) is 12.6. The Morgan fingerprint density at radius 3 is 2.35 bits per heavy atom. The SMILES string of the molecule is Cc1ccc(C(=O)Nc2ccc(F)cc2)cc1-c1nc(NCCN(CC(C)(C)C)C(=O)[O-])nc2c1CNC(=O)N2c1c(F)cccc1F. The Morgan fingerprint density at radius 2 is 1.71 bits per heavy atom. The summed E-state index contributed by atoms with van der Waals surface area (Å²) >= 11 is 0. The third-order valence-electron chi connectivity index (χ3n) is 7.42. The number of halogens is 3. The molecule has 1 aliphatic rings. The molecule has 48 heavy (non-hydrogen) atoms. The maximum atomic E-state index is 15.1. The first kappa shape index (κ1) is 33.7. The molecule has 3 N–H and O–H groups in total. The number of para-hydroxylation sites is 1. The van der Waals surface area contributed by atoms with E-state index in [1.54, 1.807) is 25.1 Å². The van der Waals surface area contributed by atoms with E-state index in [4.69, 9.17) is 0 Å². The molecule has 0 aliphatic carbocycles. The van der Waals surface area contributed by atoms with Crippen molar-refractivity contribution in [3.8, 4) is 11.3 Å². The fourth-order valence-electron chi connectivity index (χ4n) is 5.24. The van der Waals surface area contributed by atoms with E-state index in [0.29, 0.717) is 22.4 Å². The van der Waals surface area contributed by atoms with Crippen LogP contribution in [-0.4, -0.2) is 52.5 Å². The molecule has 14 heteroatoms. The number of carbonyl (C=O) groups is 3. The van der Waals surface area contributed by atoms with Crippen molar-refractivity contribution in [2.24, 2.45) is 5.41 Å². The van der Waals surface area contributed by atoms with E-state index in [1.807, 2.05) is 20.8 Å². The standard InChI is InChI=1S/C34H34F3N7O4/c1-19-8-9-20(30(45)40-22-12-10-21(35)11-13-22)16-23(19)27-24-17-39-32(46)44(28-25(36)6-5-7-26(28)37)29(24)42-31(41-27)38-14-15-43(33(47)48)18-34(2,3)4/h5-13,16H,14-15,17-18H2,1-4H3,(H,39,46)(H,40,45)(H,47,48)(H,38,41,42)/p-1. The van der Waals surface area contributed by atoms with E-state index < -0.39 is 41.2 Å². The van der Waals surface area contributed by atoms with Gasteiger partial charge in [0.05, 0.1) is 12.2 Å². The number of nitrogens with one attached hydrogen (secondary N) is 3. The van der Waals surface area contributed by atoms with Crippen LogP contribution in [0.2, 0.25) is 0 Å². The third-order valence-corrected chi connectivity index (χ3v) is 7.42. The van der Waals surface area contributed by atoms with E-state index in [2.05, 4.69) is 25.9 Å². The van der Waals surface area contributed by atoms with Crippen molar-refractivity contribution in [1.82, 2.24) is 20.2 Å². The third kappa shape index (κ3) is 7.48. The molecular formula is C34H33F3N7O4-. The Kier molecular flexibility index (Phi) is 9.55. The second kappa shape index (κ2) is 13.6. The van der Waals surface area contributed by atoms with Gasteiger partial charge in [-0.05, 0) is 66.4 Å². The van der Waals surface area contributed by atoms with Crippen molar-refractivity contribution in [2.75, 3.05) is 35.2 Å². The molecule has 0 atom stereocenters. The summed E-state index contributed by atoms with van der Waals surface area (Å²) in [7, 11) is 0. The number of carbonyl (C=O) groups excluding carboxylic acids is 3. The van der Waals surface area contributed by atoms with Crippen molar-refractivity contribution in [1.29, 1.82) is 0 Å². The molecule has 0 bridgehead atoms. The van der Waals surface area contributed by atoms with E-state index in [1.165, 1.54) is 30.3 Å². The number of carboxylic acid groups (broad SMARTS) is 1. The summed E-state index contributed by atoms with van der Waals surface area (Å²) in [6.45, 7) is 7.54. The molecule has 0 fully saturated rings. The maximum absolute atomic E-state index is 15.1. The molecule has 2 heterocycles. The number of nitrogens with zero attached hydrogens (tertiary/aromatic N) is 4. The average Bonchev–Trinajstić information content (AvgIpc) is 3.01. The summed E-state index contributed by atoms with van der Waals surface area (Å²) in [6, 6.07) is 12.5. The molecule has 1 aliphatic heterocycles. The minimum absolute atomic E-state index is 0.000404. The molecule has 4 amide bonds. The molecule has 0 radical (unpaired) electrons. The lowest BCUT2D eigenvalue weighted by molar-refractivity contribution is -0.266. The molecule has 250 valence electrons. The van der Waals surface area contributed by atoms with Crippen LogP contribution in [-0.2, 0) is 6.54 Å². The molecule has 3 aromatic carbocycles. The summed E-state index contributed by atoms with van der Waals surface area (Å²) in [5.74, 6) is -3.13. The Bertz CT molecular complexity index is 1860. The van der Waals surface area contributed by atoms with Gasteiger partial charge in [0.25, 0.3) is 5.91 Å². The van der Waals surface area contributed by atoms with Gasteiger partial charge in [-0.3, -0.25) is 4.79 Å². The lowest BCUT2D eigenvalue weighted by Gasteiger charge is -2.32. The van der Waals surface area contributed by atoms with Crippen LogP contribution in [0.1, 0.15) is 42.3 Å². The van der Waals surface area contributed by atoms with Crippen LogP contribution in [0.5, 0.6) is 0 Å². The smallest absolute Gasteiger partial charge is 0.328 e. The monoisotopic (exact) mass is 660 g/mol. The van der Waals surface area contributed by atoms with Gasteiger partial charge in [0.2, 0.25) is 5.95 Å². The Balaban J connectivity index is 1.59. The van der Waals surface area contributed by atoms with Gasteiger partial charge in [-0.25, -0.2) is 27.8 Å². The first-order chi connectivity index (χ1) is 22.7. The van der Waals surface area contributed by atoms with Crippen molar-refractivity contribution < 1.29 is 32.7 Å². The lowest BCUT2D eigenvalue weighted by Crippen LogP contribution is -2.47.